The number of amides is 2. The number of para-hydroxylation sites is 1. The third-order valence-corrected chi connectivity index (χ3v) is 3.70. The van der Waals surface area contributed by atoms with E-state index >= 15 is 0 Å². The Bertz CT molecular complexity index is 438. The van der Waals surface area contributed by atoms with E-state index in [1.807, 2.05) is 24.0 Å². The van der Waals surface area contributed by atoms with Gasteiger partial charge in [0.1, 0.15) is 0 Å². The first-order valence-electron chi connectivity index (χ1n) is 6.14. The topological polar surface area (TPSA) is 58.4 Å². The molecule has 3 N–H and O–H groups in total. The molecule has 0 aliphatic carbocycles. The van der Waals surface area contributed by atoms with Crippen LogP contribution in [0.2, 0.25) is 5.02 Å². The Morgan fingerprint density at radius 2 is 2.28 bits per heavy atom. The third kappa shape index (κ3) is 2.76. The van der Waals surface area contributed by atoms with Gasteiger partial charge in [-0.1, -0.05) is 23.7 Å². The Balaban J connectivity index is 2.03. The second-order valence-electron chi connectivity index (χ2n) is 4.75. The van der Waals surface area contributed by atoms with Gasteiger partial charge < -0.3 is 16.0 Å². The minimum Gasteiger partial charge on any atom is -0.330 e. The summed E-state index contributed by atoms with van der Waals surface area (Å²) in [6.45, 7) is 3.38. The van der Waals surface area contributed by atoms with Crippen LogP contribution in [0.3, 0.4) is 0 Å². The summed E-state index contributed by atoms with van der Waals surface area (Å²) in [4.78, 5) is 14.0. The van der Waals surface area contributed by atoms with Crippen molar-refractivity contribution < 1.29 is 4.79 Å². The Hall–Kier alpha value is -1.26. The summed E-state index contributed by atoms with van der Waals surface area (Å²) in [7, 11) is 0. The molecule has 18 heavy (non-hydrogen) atoms. The van der Waals surface area contributed by atoms with Crippen molar-refractivity contribution in [2.24, 2.45) is 11.7 Å². The van der Waals surface area contributed by atoms with Crippen LogP contribution in [0.25, 0.3) is 0 Å². The Morgan fingerprint density at radius 3 is 2.89 bits per heavy atom. The zero-order valence-corrected chi connectivity index (χ0v) is 11.2. The van der Waals surface area contributed by atoms with Gasteiger partial charge in [0.05, 0.1) is 10.7 Å². The zero-order valence-electron chi connectivity index (χ0n) is 10.4. The first kappa shape index (κ1) is 13.2. The SMILES string of the molecule is CC1CC(CN)CN1C(=O)Nc1ccccc1Cl. The second kappa shape index (κ2) is 5.59. The highest BCUT2D eigenvalue weighted by Gasteiger charge is 2.31. The van der Waals surface area contributed by atoms with E-state index < -0.39 is 0 Å². The van der Waals surface area contributed by atoms with E-state index in [4.69, 9.17) is 17.3 Å². The monoisotopic (exact) mass is 267 g/mol. The molecule has 0 spiro atoms. The van der Waals surface area contributed by atoms with Crippen LogP contribution in [0.5, 0.6) is 0 Å². The molecule has 2 amide bonds. The number of halogens is 1. The van der Waals surface area contributed by atoms with Gasteiger partial charge in [0.25, 0.3) is 0 Å². The summed E-state index contributed by atoms with van der Waals surface area (Å²) >= 11 is 6.01. The number of nitrogens with two attached hydrogens (primary N) is 1. The van der Waals surface area contributed by atoms with Crippen LogP contribution in [-0.2, 0) is 0 Å². The van der Waals surface area contributed by atoms with Gasteiger partial charge in [0.2, 0.25) is 0 Å². The van der Waals surface area contributed by atoms with Crippen LogP contribution in [0.4, 0.5) is 10.5 Å². The first-order valence-corrected chi connectivity index (χ1v) is 6.52. The van der Waals surface area contributed by atoms with Gasteiger partial charge in [0.15, 0.2) is 0 Å². The van der Waals surface area contributed by atoms with E-state index in [1.165, 1.54) is 0 Å². The first-order chi connectivity index (χ1) is 8.61. The lowest BCUT2D eigenvalue weighted by Gasteiger charge is -2.22. The number of anilines is 1. The predicted molar refractivity (Wildman–Crippen MR) is 73.8 cm³/mol. The molecule has 1 heterocycles. The average molecular weight is 268 g/mol. The van der Waals surface area contributed by atoms with Gasteiger partial charge in [0, 0.05) is 12.6 Å². The Labute approximate surface area is 112 Å². The number of benzene rings is 1. The van der Waals surface area contributed by atoms with Crippen LogP contribution in [0.15, 0.2) is 24.3 Å². The quantitative estimate of drug-likeness (QED) is 0.865. The van der Waals surface area contributed by atoms with E-state index in [1.54, 1.807) is 12.1 Å². The molecule has 0 bridgehead atoms. The number of rotatable bonds is 2. The van der Waals surface area contributed by atoms with Crippen LogP contribution < -0.4 is 11.1 Å². The molecule has 2 atom stereocenters. The molecule has 1 fully saturated rings. The molecule has 1 aromatic rings. The second-order valence-corrected chi connectivity index (χ2v) is 5.16. The summed E-state index contributed by atoms with van der Waals surface area (Å²) in [5.41, 5.74) is 6.30. The fourth-order valence-electron chi connectivity index (χ4n) is 2.35. The molecule has 1 aromatic carbocycles. The van der Waals surface area contributed by atoms with E-state index in [0.29, 0.717) is 29.7 Å². The van der Waals surface area contributed by atoms with E-state index in [0.717, 1.165) is 6.42 Å². The highest BCUT2D eigenvalue weighted by atomic mass is 35.5. The summed E-state index contributed by atoms with van der Waals surface area (Å²) in [6, 6.07) is 7.35. The van der Waals surface area contributed by atoms with Crippen molar-refractivity contribution >= 4 is 23.3 Å². The molecule has 4 nitrogen and oxygen atoms in total. The lowest BCUT2D eigenvalue weighted by atomic mass is 10.1. The standard InChI is InChI=1S/C13H18ClN3O/c1-9-6-10(7-15)8-17(9)13(18)16-12-5-3-2-4-11(12)14/h2-5,9-10H,6-8,15H2,1H3,(H,16,18). The normalized spacial score (nSPS) is 23.2. The molecule has 1 aliphatic heterocycles. The maximum Gasteiger partial charge on any atom is 0.322 e. The third-order valence-electron chi connectivity index (χ3n) is 3.37. The summed E-state index contributed by atoms with van der Waals surface area (Å²) in [5.74, 6) is 0.400. The average Bonchev–Trinajstić information content (AvgIpc) is 2.73. The number of urea groups is 1. The van der Waals surface area contributed by atoms with Gasteiger partial charge in [-0.05, 0) is 37.9 Å². The van der Waals surface area contributed by atoms with Crippen LogP contribution in [0, 0.1) is 5.92 Å². The van der Waals surface area contributed by atoms with Crippen molar-refractivity contribution in [3.8, 4) is 0 Å². The maximum atomic E-state index is 12.2. The lowest BCUT2D eigenvalue weighted by Crippen LogP contribution is -2.37. The van der Waals surface area contributed by atoms with Crippen molar-refractivity contribution in [3.63, 3.8) is 0 Å². The van der Waals surface area contributed by atoms with Gasteiger partial charge in [-0.15, -0.1) is 0 Å². The predicted octanol–water partition coefficient (Wildman–Crippen LogP) is 2.54. The van der Waals surface area contributed by atoms with Gasteiger partial charge in [-0.25, -0.2) is 4.79 Å². The van der Waals surface area contributed by atoms with E-state index in [9.17, 15) is 4.79 Å². The van der Waals surface area contributed by atoms with Crippen LogP contribution in [-0.4, -0.2) is 30.1 Å². The molecule has 0 radical (unpaired) electrons. The minimum absolute atomic E-state index is 0.105. The summed E-state index contributed by atoms with van der Waals surface area (Å²) in [6.07, 6.45) is 0.965. The van der Waals surface area contributed by atoms with Crippen molar-refractivity contribution in [1.82, 2.24) is 4.90 Å². The fraction of sp³-hybridized carbons (Fsp3) is 0.462. The molecule has 0 aromatic heterocycles. The van der Waals surface area contributed by atoms with Crippen molar-refractivity contribution in [2.45, 2.75) is 19.4 Å². The molecule has 2 rings (SSSR count). The smallest absolute Gasteiger partial charge is 0.322 e. The van der Waals surface area contributed by atoms with Gasteiger partial charge in [-0.3, -0.25) is 0 Å². The fourth-order valence-corrected chi connectivity index (χ4v) is 2.53. The number of carbonyl (C=O) groups excluding carboxylic acids is 1. The Kier molecular flexibility index (Phi) is 4.09. The zero-order chi connectivity index (χ0) is 13.1. The lowest BCUT2D eigenvalue weighted by molar-refractivity contribution is 0.209. The summed E-state index contributed by atoms with van der Waals surface area (Å²) in [5, 5.41) is 3.39. The highest BCUT2D eigenvalue weighted by Crippen LogP contribution is 2.25. The van der Waals surface area contributed by atoms with Crippen LogP contribution >= 0.6 is 11.6 Å². The molecule has 1 aliphatic rings. The molecule has 2 unspecified atom stereocenters. The Morgan fingerprint density at radius 1 is 1.56 bits per heavy atom. The number of hydrogen-bond donors (Lipinski definition) is 2. The molecule has 0 saturated carbocycles. The van der Waals surface area contributed by atoms with E-state index in [2.05, 4.69) is 5.32 Å². The largest absolute Gasteiger partial charge is 0.330 e. The number of nitrogens with zero attached hydrogens (tertiary/aromatic N) is 1. The van der Waals surface area contributed by atoms with Gasteiger partial charge in [-0.2, -0.15) is 0 Å². The van der Waals surface area contributed by atoms with Crippen molar-refractivity contribution in [3.05, 3.63) is 29.3 Å². The van der Waals surface area contributed by atoms with Crippen molar-refractivity contribution in [1.29, 1.82) is 0 Å². The molecular formula is C13H18ClN3O. The molecule has 1 saturated heterocycles. The van der Waals surface area contributed by atoms with Crippen LogP contribution in [0.1, 0.15) is 13.3 Å². The van der Waals surface area contributed by atoms with Gasteiger partial charge >= 0.3 is 6.03 Å². The minimum atomic E-state index is -0.105. The summed E-state index contributed by atoms with van der Waals surface area (Å²) < 4.78 is 0. The molecular weight excluding hydrogens is 250 g/mol. The van der Waals surface area contributed by atoms with Crippen molar-refractivity contribution in [2.75, 3.05) is 18.4 Å². The molecule has 5 heteroatoms. The number of hydrogen-bond acceptors (Lipinski definition) is 2. The van der Waals surface area contributed by atoms with E-state index in [-0.39, 0.29) is 12.1 Å². The maximum absolute atomic E-state index is 12.2. The number of nitrogens with one attached hydrogen (secondary N) is 1. The molecule has 98 valence electrons. The highest BCUT2D eigenvalue weighted by molar-refractivity contribution is 6.33. The number of carbonyl (C=O) groups is 1. The number of likely N-dealkylation sites (tertiary alicyclic amines) is 1.